The van der Waals surface area contributed by atoms with Crippen LogP contribution in [0, 0.1) is 0 Å². The molecule has 118 valence electrons. The monoisotopic (exact) mass is 384 g/mol. The molecule has 0 spiro atoms. The van der Waals surface area contributed by atoms with Crippen LogP contribution >= 0.6 is 0 Å². The van der Waals surface area contributed by atoms with Crippen LogP contribution in [0.3, 0.4) is 0 Å². The van der Waals surface area contributed by atoms with E-state index < -0.39 is 0 Å². The first-order valence-electron chi connectivity index (χ1n) is 8.46. The third-order valence-corrected chi connectivity index (χ3v) is 7.10. The topological polar surface area (TPSA) is 0 Å². The molecule has 0 aliphatic heterocycles. The van der Waals surface area contributed by atoms with E-state index in [1.807, 2.05) is 0 Å². The summed E-state index contributed by atoms with van der Waals surface area (Å²) in [7, 11) is 0. The van der Waals surface area contributed by atoms with Gasteiger partial charge in [0.05, 0.1) is 0 Å². The van der Waals surface area contributed by atoms with E-state index in [9.17, 15) is 0 Å². The summed E-state index contributed by atoms with van der Waals surface area (Å²) in [6.45, 7) is 0. The molecule has 0 amide bonds. The van der Waals surface area contributed by atoms with Crippen LogP contribution in [0.4, 0.5) is 0 Å². The number of benzene rings is 4. The first-order chi connectivity index (χ1) is 12.4. The van der Waals surface area contributed by atoms with E-state index in [1.165, 1.54) is 41.5 Å². The summed E-state index contributed by atoms with van der Waals surface area (Å²) in [6.07, 6.45) is 0. The van der Waals surface area contributed by atoms with Crippen LogP contribution in [0.25, 0.3) is 41.5 Å². The van der Waals surface area contributed by atoms with Gasteiger partial charge in [-0.1, -0.05) is 0 Å². The van der Waals surface area contributed by atoms with Crippen LogP contribution in [0.5, 0.6) is 0 Å². The quantitative estimate of drug-likeness (QED) is 0.310. The van der Waals surface area contributed by atoms with Crippen LogP contribution in [-0.4, -0.2) is 14.5 Å². The minimum absolute atomic E-state index is 0.412. The van der Waals surface area contributed by atoms with E-state index in [1.54, 1.807) is 0 Å². The van der Waals surface area contributed by atoms with Crippen LogP contribution in [0.1, 0.15) is 0 Å². The first-order valence-corrected chi connectivity index (χ1v) is 10.2. The van der Waals surface area contributed by atoms with Crippen molar-refractivity contribution >= 4 is 33.8 Å². The Morgan fingerprint density at radius 3 is 1.28 bits per heavy atom. The maximum absolute atomic E-state index is 2.37. The molecule has 5 aromatic rings. The van der Waals surface area contributed by atoms with E-state index in [-0.39, 0.29) is 0 Å². The zero-order valence-electron chi connectivity index (χ0n) is 13.6. The van der Waals surface area contributed by atoms with Gasteiger partial charge in [0.1, 0.15) is 0 Å². The summed E-state index contributed by atoms with van der Waals surface area (Å²) in [6, 6.07) is 35.2. The predicted molar refractivity (Wildman–Crippen MR) is 109 cm³/mol. The summed E-state index contributed by atoms with van der Waals surface area (Å²) >= 11 is 0.412. The van der Waals surface area contributed by atoms with Crippen molar-refractivity contribution < 1.29 is 0 Å². The molecule has 4 aromatic carbocycles. The Balaban J connectivity index is 1.73. The second-order valence-electron chi connectivity index (χ2n) is 6.26. The number of hydrogen-bond acceptors (Lipinski definition) is 0. The van der Waals surface area contributed by atoms with Gasteiger partial charge in [-0.2, -0.15) is 0 Å². The summed E-state index contributed by atoms with van der Waals surface area (Å²) in [5, 5.41) is 2.82. The summed E-state index contributed by atoms with van der Waals surface area (Å²) in [4.78, 5) is 0. The van der Waals surface area contributed by atoms with Crippen molar-refractivity contribution in [3.63, 3.8) is 0 Å². The molecule has 0 aliphatic rings. The van der Waals surface area contributed by atoms with Gasteiger partial charge < -0.3 is 0 Å². The molecule has 0 fully saturated rings. The van der Waals surface area contributed by atoms with Crippen LogP contribution in [-0.2, 0) is 0 Å². The van der Waals surface area contributed by atoms with Gasteiger partial charge in [-0.15, -0.1) is 0 Å². The van der Waals surface area contributed by atoms with Crippen molar-refractivity contribution in [3.8, 4) is 22.3 Å². The van der Waals surface area contributed by atoms with Crippen molar-refractivity contribution in [3.05, 3.63) is 97.1 Å². The van der Waals surface area contributed by atoms with Gasteiger partial charge in [0.25, 0.3) is 0 Å². The van der Waals surface area contributed by atoms with Gasteiger partial charge in [0.2, 0.25) is 0 Å². The van der Waals surface area contributed by atoms with Crippen molar-refractivity contribution in [1.29, 1.82) is 0 Å². The van der Waals surface area contributed by atoms with E-state index in [0.29, 0.717) is 14.5 Å². The molecule has 0 saturated carbocycles. The molecular weight excluding hydrogens is 367 g/mol. The van der Waals surface area contributed by atoms with Gasteiger partial charge in [0.15, 0.2) is 0 Å². The van der Waals surface area contributed by atoms with E-state index >= 15 is 0 Å². The Morgan fingerprint density at radius 1 is 0.400 bits per heavy atom. The first kappa shape index (κ1) is 14.7. The second kappa shape index (κ2) is 6.04. The van der Waals surface area contributed by atoms with Gasteiger partial charge in [0, 0.05) is 0 Å². The van der Waals surface area contributed by atoms with Crippen LogP contribution in [0.2, 0.25) is 0 Å². The normalized spacial score (nSPS) is 11.2. The molecule has 1 heteroatoms. The molecule has 1 heterocycles. The fourth-order valence-electron chi connectivity index (χ4n) is 3.40. The van der Waals surface area contributed by atoms with Crippen LogP contribution < -0.4 is 0 Å². The summed E-state index contributed by atoms with van der Waals surface area (Å²) in [5.41, 5.74) is 5.16. The molecule has 25 heavy (non-hydrogen) atoms. The van der Waals surface area contributed by atoms with E-state index in [0.717, 1.165) is 0 Å². The molecule has 0 unspecified atom stereocenters. The van der Waals surface area contributed by atoms with Gasteiger partial charge in [-0.3, -0.25) is 0 Å². The summed E-state index contributed by atoms with van der Waals surface area (Å²) in [5.74, 6) is 0. The van der Waals surface area contributed by atoms with Gasteiger partial charge in [-0.25, -0.2) is 0 Å². The molecule has 0 saturated heterocycles. The maximum atomic E-state index is 2.37. The zero-order chi connectivity index (χ0) is 16.6. The van der Waals surface area contributed by atoms with Crippen molar-refractivity contribution in [2.75, 3.05) is 0 Å². The standard InChI is InChI=1S/C24H16Se/c1-3-7-17(8-4-1)19-11-13-23-21(15-19)22-16-20(12-14-24(22)25-23)18-9-5-2-6-10-18/h1-16H. The van der Waals surface area contributed by atoms with Crippen molar-refractivity contribution in [2.45, 2.75) is 0 Å². The SMILES string of the molecule is c1ccc(-c2ccc3[se]c4ccc(-c5ccccc5)cc4c3c2)cc1. The number of hydrogen-bond donors (Lipinski definition) is 0. The molecule has 5 rings (SSSR count). The van der Waals surface area contributed by atoms with Crippen molar-refractivity contribution in [2.24, 2.45) is 0 Å². The molecule has 0 atom stereocenters. The average Bonchev–Trinajstić information content (AvgIpc) is 3.06. The zero-order valence-corrected chi connectivity index (χ0v) is 15.4. The molecule has 0 aliphatic carbocycles. The molecule has 0 N–H and O–H groups in total. The number of fused-ring (bicyclic) bond motifs is 3. The molecule has 0 radical (unpaired) electrons. The number of rotatable bonds is 2. The Morgan fingerprint density at radius 2 is 0.840 bits per heavy atom. The Labute approximate surface area is 153 Å². The van der Waals surface area contributed by atoms with Crippen LogP contribution in [0.15, 0.2) is 97.1 Å². The Kier molecular flexibility index (Phi) is 3.56. The average molecular weight is 383 g/mol. The Hall–Kier alpha value is -2.60. The molecular formula is C24H16Se. The second-order valence-corrected chi connectivity index (χ2v) is 8.53. The third-order valence-electron chi connectivity index (χ3n) is 4.68. The molecule has 1 aromatic heterocycles. The van der Waals surface area contributed by atoms with E-state index in [2.05, 4.69) is 97.1 Å². The Bertz CT molecular complexity index is 1070. The minimum atomic E-state index is 0.412. The van der Waals surface area contributed by atoms with Gasteiger partial charge >= 0.3 is 153 Å². The summed E-state index contributed by atoms with van der Waals surface area (Å²) < 4.78 is 2.99. The third kappa shape index (κ3) is 2.62. The van der Waals surface area contributed by atoms with Crippen molar-refractivity contribution in [1.82, 2.24) is 0 Å². The fourth-order valence-corrected chi connectivity index (χ4v) is 5.64. The van der Waals surface area contributed by atoms with E-state index in [4.69, 9.17) is 0 Å². The fraction of sp³-hybridized carbons (Fsp3) is 0. The molecule has 0 bridgehead atoms. The van der Waals surface area contributed by atoms with Gasteiger partial charge in [-0.05, 0) is 0 Å². The molecule has 0 nitrogen and oxygen atoms in total. The predicted octanol–water partition coefficient (Wildman–Crippen LogP) is 6.38.